The quantitative estimate of drug-likeness (QED) is 0.464. The standard InChI is InChI=1S/C23H22N4OS2/c1-14-7-3-4-8-16(14)22-21-18(17-9-5-6-10-19(17)24-21)11-12-27(22)20(28)13-29-23-26-25-15(2)30-23/h3-10,22,24H,11-13H2,1-2H3. The average Bonchev–Trinajstić information content (AvgIpc) is 3.35. The monoisotopic (exact) mass is 434 g/mol. The number of hydrogen-bond donors (Lipinski definition) is 1. The molecule has 1 aliphatic heterocycles. The Morgan fingerprint density at radius 2 is 1.97 bits per heavy atom. The van der Waals surface area contributed by atoms with Crippen LogP contribution >= 0.6 is 23.1 Å². The third-order valence-electron chi connectivity index (χ3n) is 5.66. The van der Waals surface area contributed by atoms with Gasteiger partial charge in [-0.25, -0.2) is 0 Å². The first-order chi connectivity index (χ1) is 14.6. The molecule has 1 atom stereocenters. The Balaban J connectivity index is 1.53. The Morgan fingerprint density at radius 3 is 2.77 bits per heavy atom. The van der Waals surface area contributed by atoms with Crippen LogP contribution in [-0.4, -0.2) is 38.3 Å². The first kappa shape index (κ1) is 19.3. The number of para-hydroxylation sites is 1. The van der Waals surface area contributed by atoms with Crippen LogP contribution in [0.25, 0.3) is 10.9 Å². The van der Waals surface area contributed by atoms with Crippen LogP contribution in [0.3, 0.4) is 0 Å². The number of benzene rings is 2. The fourth-order valence-electron chi connectivity index (χ4n) is 4.27. The number of amides is 1. The zero-order chi connectivity index (χ0) is 20.7. The highest BCUT2D eigenvalue weighted by Crippen LogP contribution is 2.39. The van der Waals surface area contributed by atoms with E-state index in [1.54, 1.807) is 0 Å². The topological polar surface area (TPSA) is 61.9 Å². The summed E-state index contributed by atoms with van der Waals surface area (Å²) in [5.74, 6) is 0.498. The molecule has 5 nitrogen and oxygen atoms in total. The summed E-state index contributed by atoms with van der Waals surface area (Å²) >= 11 is 3.01. The van der Waals surface area contributed by atoms with Crippen molar-refractivity contribution in [2.45, 2.75) is 30.6 Å². The molecule has 2 aromatic heterocycles. The van der Waals surface area contributed by atoms with Gasteiger partial charge in [-0.3, -0.25) is 4.79 Å². The van der Waals surface area contributed by atoms with E-state index in [1.807, 2.05) is 17.9 Å². The van der Waals surface area contributed by atoms with Crippen LogP contribution in [0.1, 0.15) is 33.4 Å². The minimum absolute atomic E-state index is 0.105. The highest BCUT2D eigenvalue weighted by Gasteiger charge is 2.35. The van der Waals surface area contributed by atoms with Crippen molar-refractivity contribution in [2.75, 3.05) is 12.3 Å². The maximum atomic E-state index is 13.3. The van der Waals surface area contributed by atoms with E-state index in [4.69, 9.17) is 0 Å². The van der Waals surface area contributed by atoms with Gasteiger partial charge in [-0.2, -0.15) is 0 Å². The van der Waals surface area contributed by atoms with E-state index in [0.717, 1.165) is 27.0 Å². The van der Waals surface area contributed by atoms with Gasteiger partial charge in [-0.1, -0.05) is 65.6 Å². The molecule has 1 aliphatic rings. The number of carbonyl (C=O) groups excluding carboxylic acids is 1. The highest BCUT2D eigenvalue weighted by atomic mass is 32.2. The summed E-state index contributed by atoms with van der Waals surface area (Å²) in [7, 11) is 0. The largest absolute Gasteiger partial charge is 0.356 e. The number of aryl methyl sites for hydroxylation is 2. The Bertz CT molecular complexity index is 1230. The van der Waals surface area contributed by atoms with Crippen LogP contribution in [0.15, 0.2) is 52.9 Å². The molecule has 1 N–H and O–H groups in total. The maximum absolute atomic E-state index is 13.3. The molecule has 0 aliphatic carbocycles. The zero-order valence-corrected chi connectivity index (χ0v) is 18.5. The zero-order valence-electron chi connectivity index (χ0n) is 16.9. The molecular weight excluding hydrogens is 412 g/mol. The molecule has 0 radical (unpaired) electrons. The number of H-pyrrole nitrogens is 1. The van der Waals surface area contributed by atoms with Crippen molar-refractivity contribution in [3.8, 4) is 0 Å². The summed E-state index contributed by atoms with van der Waals surface area (Å²) < 4.78 is 0.844. The number of nitrogens with one attached hydrogen (secondary N) is 1. The second-order valence-corrected chi connectivity index (χ2v) is 9.94. The van der Waals surface area contributed by atoms with Crippen molar-refractivity contribution in [1.29, 1.82) is 0 Å². The number of rotatable bonds is 4. The summed E-state index contributed by atoms with van der Waals surface area (Å²) in [5.41, 5.74) is 5.97. The van der Waals surface area contributed by atoms with Gasteiger partial charge in [0.15, 0.2) is 4.34 Å². The number of fused-ring (bicyclic) bond motifs is 3. The summed E-state index contributed by atoms with van der Waals surface area (Å²) in [6, 6.07) is 16.7. The van der Waals surface area contributed by atoms with Crippen molar-refractivity contribution < 1.29 is 4.79 Å². The lowest BCUT2D eigenvalue weighted by Crippen LogP contribution is -2.41. The number of hydrogen-bond acceptors (Lipinski definition) is 5. The van der Waals surface area contributed by atoms with E-state index in [0.29, 0.717) is 12.3 Å². The van der Waals surface area contributed by atoms with Gasteiger partial charge < -0.3 is 9.88 Å². The molecule has 1 unspecified atom stereocenters. The number of nitrogens with zero attached hydrogens (tertiary/aromatic N) is 3. The van der Waals surface area contributed by atoms with Crippen molar-refractivity contribution in [1.82, 2.24) is 20.1 Å². The molecule has 0 saturated heterocycles. The molecule has 2 aromatic carbocycles. The SMILES string of the molecule is Cc1nnc(SCC(=O)N2CCc3c([nH]c4ccccc34)C2c2ccccc2C)s1. The average molecular weight is 435 g/mol. The summed E-state index contributed by atoms with van der Waals surface area (Å²) in [6.07, 6.45) is 0.857. The molecule has 7 heteroatoms. The molecule has 0 fully saturated rings. The lowest BCUT2D eigenvalue weighted by molar-refractivity contribution is -0.130. The Labute approximate surface area is 183 Å². The second-order valence-electron chi connectivity index (χ2n) is 7.53. The maximum Gasteiger partial charge on any atom is 0.233 e. The van der Waals surface area contributed by atoms with Crippen molar-refractivity contribution in [2.24, 2.45) is 0 Å². The minimum Gasteiger partial charge on any atom is -0.356 e. The predicted octanol–water partition coefficient (Wildman–Crippen LogP) is 4.90. The van der Waals surface area contributed by atoms with Crippen LogP contribution in [0.4, 0.5) is 0 Å². The Hall–Kier alpha value is -2.64. The van der Waals surface area contributed by atoms with Crippen LogP contribution < -0.4 is 0 Å². The van der Waals surface area contributed by atoms with Crippen LogP contribution in [0, 0.1) is 13.8 Å². The molecular formula is C23H22N4OS2. The van der Waals surface area contributed by atoms with Gasteiger partial charge in [0.2, 0.25) is 5.91 Å². The van der Waals surface area contributed by atoms with E-state index in [2.05, 4.69) is 64.6 Å². The van der Waals surface area contributed by atoms with Gasteiger partial charge in [0.05, 0.1) is 11.8 Å². The lowest BCUT2D eigenvalue weighted by atomic mass is 9.90. The molecule has 152 valence electrons. The third kappa shape index (κ3) is 3.42. The van der Waals surface area contributed by atoms with E-state index in [1.165, 1.54) is 45.2 Å². The van der Waals surface area contributed by atoms with Crippen LogP contribution in [0.2, 0.25) is 0 Å². The van der Waals surface area contributed by atoms with Gasteiger partial charge in [-0.15, -0.1) is 10.2 Å². The number of aromatic nitrogens is 3. The smallest absolute Gasteiger partial charge is 0.233 e. The van der Waals surface area contributed by atoms with Crippen LogP contribution in [-0.2, 0) is 11.2 Å². The lowest BCUT2D eigenvalue weighted by Gasteiger charge is -2.37. The molecule has 4 aromatic rings. The first-order valence-corrected chi connectivity index (χ1v) is 11.8. The minimum atomic E-state index is -0.105. The summed E-state index contributed by atoms with van der Waals surface area (Å²) in [5, 5.41) is 10.4. The Kier molecular flexibility index (Phi) is 5.08. The second kappa shape index (κ2) is 7.89. The molecule has 0 bridgehead atoms. The van der Waals surface area contributed by atoms with Gasteiger partial charge in [0.1, 0.15) is 5.01 Å². The van der Waals surface area contributed by atoms with Gasteiger partial charge in [0, 0.05) is 23.1 Å². The predicted molar refractivity (Wildman–Crippen MR) is 122 cm³/mol. The Morgan fingerprint density at radius 1 is 1.17 bits per heavy atom. The van der Waals surface area contributed by atoms with E-state index in [9.17, 15) is 4.79 Å². The number of aromatic amines is 1. The van der Waals surface area contributed by atoms with E-state index >= 15 is 0 Å². The van der Waals surface area contributed by atoms with Gasteiger partial charge >= 0.3 is 0 Å². The normalized spacial score (nSPS) is 16.1. The van der Waals surface area contributed by atoms with Crippen LogP contribution in [0.5, 0.6) is 0 Å². The van der Waals surface area contributed by atoms with Crippen molar-refractivity contribution in [3.63, 3.8) is 0 Å². The molecule has 0 saturated carbocycles. The fraction of sp³-hybridized carbons (Fsp3) is 0.261. The third-order valence-corrected chi connectivity index (χ3v) is 7.62. The number of carbonyl (C=O) groups is 1. The first-order valence-electron chi connectivity index (χ1n) is 9.99. The summed E-state index contributed by atoms with van der Waals surface area (Å²) in [4.78, 5) is 19.0. The molecule has 3 heterocycles. The summed E-state index contributed by atoms with van der Waals surface area (Å²) in [6.45, 7) is 4.76. The van der Waals surface area contributed by atoms with Gasteiger partial charge in [-0.05, 0) is 43.0 Å². The molecule has 30 heavy (non-hydrogen) atoms. The fourth-order valence-corrected chi connectivity index (χ4v) is 5.97. The van der Waals surface area contributed by atoms with Gasteiger partial charge in [0.25, 0.3) is 0 Å². The molecule has 1 amide bonds. The number of thioether (sulfide) groups is 1. The molecule has 5 rings (SSSR count). The van der Waals surface area contributed by atoms with E-state index < -0.39 is 0 Å². The highest BCUT2D eigenvalue weighted by molar-refractivity contribution is 8.01. The van der Waals surface area contributed by atoms with E-state index in [-0.39, 0.29) is 11.9 Å². The molecule has 0 spiro atoms. The van der Waals surface area contributed by atoms with Crippen molar-refractivity contribution in [3.05, 3.63) is 75.9 Å². The van der Waals surface area contributed by atoms with Crippen molar-refractivity contribution >= 4 is 39.9 Å².